The van der Waals surface area contributed by atoms with Crippen LogP contribution >= 0.6 is 0 Å². The molecule has 130 valence electrons. The highest BCUT2D eigenvalue weighted by molar-refractivity contribution is 5.97. The highest BCUT2D eigenvalue weighted by Crippen LogP contribution is 2.12. The zero-order chi connectivity index (χ0) is 18.1. The molecule has 0 radical (unpaired) electrons. The number of carbonyl (C=O) groups excluding carboxylic acids is 2. The molecule has 0 spiro atoms. The molecule has 0 aliphatic rings. The van der Waals surface area contributed by atoms with E-state index in [2.05, 4.69) is 15.8 Å². The summed E-state index contributed by atoms with van der Waals surface area (Å²) in [5.41, 5.74) is 4.76. The Morgan fingerprint density at radius 2 is 1.84 bits per heavy atom. The van der Waals surface area contributed by atoms with Gasteiger partial charge >= 0.3 is 0 Å². The molecule has 0 aromatic heterocycles. The van der Waals surface area contributed by atoms with E-state index in [0.29, 0.717) is 17.7 Å². The van der Waals surface area contributed by atoms with Gasteiger partial charge in [0, 0.05) is 17.7 Å². The van der Waals surface area contributed by atoms with Crippen molar-refractivity contribution in [3.63, 3.8) is 0 Å². The number of hydrogen-bond acceptors (Lipinski definition) is 4. The minimum atomic E-state index is -0.386. The number of amides is 2. The third-order valence-electron chi connectivity index (χ3n) is 3.42. The van der Waals surface area contributed by atoms with Crippen LogP contribution in [0.25, 0.3) is 0 Å². The molecular formula is C19H21N3O3. The first-order chi connectivity index (χ1) is 12.1. The Labute approximate surface area is 146 Å². The predicted molar refractivity (Wildman–Crippen MR) is 96.7 cm³/mol. The largest absolute Gasteiger partial charge is 0.497 e. The lowest BCUT2D eigenvalue weighted by molar-refractivity contribution is -0.120. The Balaban J connectivity index is 1.79. The molecule has 0 saturated heterocycles. The summed E-state index contributed by atoms with van der Waals surface area (Å²) in [6.45, 7) is 1.68. The monoisotopic (exact) mass is 339 g/mol. The summed E-state index contributed by atoms with van der Waals surface area (Å²) in [7, 11) is 1.53. The first-order valence-electron chi connectivity index (χ1n) is 7.86. The molecule has 0 atom stereocenters. The molecule has 6 heteroatoms. The number of hydrogen-bond donors (Lipinski definition) is 2. The van der Waals surface area contributed by atoms with Gasteiger partial charge in [0.05, 0.1) is 13.7 Å². The molecule has 0 bridgehead atoms. The molecule has 2 rings (SSSR count). The van der Waals surface area contributed by atoms with Crippen LogP contribution in [0.15, 0.2) is 59.7 Å². The Kier molecular flexibility index (Phi) is 6.71. The van der Waals surface area contributed by atoms with Gasteiger partial charge in [-0.1, -0.05) is 36.4 Å². The van der Waals surface area contributed by atoms with Crippen LogP contribution in [0, 0.1) is 0 Å². The highest BCUT2D eigenvalue weighted by Gasteiger charge is 2.08. The highest BCUT2D eigenvalue weighted by atomic mass is 16.5. The topological polar surface area (TPSA) is 79.8 Å². The maximum absolute atomic E-state index is 12.0. The van der Waals surface area contributed by atoms with Crippen LogP contribution in [-0.2, 0) is 11.2 Å². The second kappa shape index (κ2) is 9.22. The lowest BCUT2D eigenvalue weighted by atomic mass is 10.1. The number of methoxy groups -OCH3 is 1. The van der Waals surface area contributed by atoms with Crippen LogP contribution in [0.5, 0.6) is 5.75 Å². The number of hydrazone groups is 1. The zero-order valence-corrected chi connectivity index (χ0v) is 14.3. The molecule has 0 fully saturated rings. The van der Waals surface area contributed by atoms with Crippen LogP contribution in [0.2, 0.25) is 0 Å². The second-order valence-electron chi connectivity index (χ2n) is 5.46. The summed E-state index contributed by atoms with van der Waals surface area (Å²) in [5.74, 6) is -0.152. The average Bonchev–Trinajstić information content (AvgIpc) is 2.65. The molecule has 2 aromatic rings. The third-order valence-corrected chi connectivity index (χ3v) is 3.42. The fraction of sp³-hybridized carbons (Fsp3) is 0.211. The summed E-state index contributed by atoms with van der Waals surface area (Å²) in [4.78, 5) is 23.8. The van der Waals surface area contributed by atoms with Crippen molar-refractivity contribution in [1.29, 1.82) is 0 Å². The number of benzene rings is 2. The molecule has 2 N–H and O–H groups in total. The van der Waals surface area contributed by atoms with Crippen molar-refractivity contribution < 1.29 is 14.3 Å². The average molecular weight is 339 g/mol. The Morgan fingerprint density at radius 1 is 1.08 bits per heavy atom. The van der Waals surface area contributed by atoms with E-state index in [4.69, 9.17) is 4.74 Å². The van der Waals surface area contributed by atoms with Crippen molar-refractivity contribution in [2.24, 2.45) is 5.10 Å². The molecule has 0 aliphatic heterocycles. The van der Waals surface area contributed by atoms with Crippen LogP contribution in [0.3, 0.4) is 0 Å². The van der Waals surface area contributed by atoms with Gasteiger partial charge in [-0.25, -0.2) is 5.43 Å². The SMILES string of the molecule is COc1cccc(C(=O)NCC(=O)N/N=C(/C)Cc2ccccc2)c1. The molecular weight excluding hydrogens is 318 g/mol. The molecule has 2 aromatic carbocycles. The predicted octanol–water partition coefficient (Wildman–Crippen LogP) is 2.16. The number of rotatable bonds is 7. The van der Waals surface area contributed by atoms with E-state index >= 15 is 0 Å². The maximum atomic E-state index is 12.0. The van der Waals surface area contributed by atoms with E-state index in [1.165, 1.54) is 7.11 Å². The third kappa shape index (κ3) is 6.10. The van der Waals surface area contributed by atoms with Crippen molar-refractivity contribution in [3.8, 4) is 5.75 Å². The Hall–Kier alpha value is -3.15. The van der Waals surface area contributed by atoms with Crippen LogP contribution < -0.4 is 15.5 Å². The standard InChI is InChI=1S/C19H21N3O3/c1-14(11-15-7-4-3-5-8-15)21-22-18(23)13-20-19(24)16-9-6-10-17(12-16)25-2/h3-10,12H,11,13H2,1-2H3,(H,20,24)(H,22,23)/b21-14-. The van der Waals surface area contributed by atoms with E-state index in [-0.39, 0.29) is 18.4 Å². The fourth-order valence-corrected chi connectivity index (χ4v) is 2.16. The van der Waals surface area contributed by atoms with Gasteiger partial charge in [-0.2, -0.15) is 5.10 Å². The number of carbonyl (C=O) groups is 2. The van der Waals surface area contributed by atoms with Gasteiger partial charge in [-0.15, -0.1) is 0 Å². The number of nitrogens with zero attached hydrogens (tertiary/aromatic N) is 1. The Bertz CT molecular complexity index is 758. The van der Waals surface area contributed by atoms with Crippen molar-refractivity contribution >= 4 is 17.5 Å². The molecule has 2 amide bonds. The van der Waals surface area contributed by atoms with Gasteiger partial charge in [0.15, 0.2) is 0 Å². The molecule has 6 nitrogen and oxygen atoms in total. The normalized spacial score (nSPS) is 10.9. The van der Waals surface area contributed by atoms with Crippen molar-refractivity contribution in [1.82, 2.24) is 10.7 Å². The quantitative estimate of drug-likeness (QED) is 0.599. The van der Waals surface area contributed by atoms with E-state index in [9.17, 15) is 9.59 Å². The summed E-state index contributed by atoms with van der Waals surface area (Å²) in [6, 6.07) is 16.6. The summed E-state index contributed by atoms with van der Waals surface area (Å²) in [5, 5.41) is 6.59. The van der Waals surface area contributed by atoms with Crippen LogP contribution in [0.4, 0.5) is 0 Å². The van der Waals surface area contributed by atoms with E-state index < -0.39 is 0 Å². The molecule has 0 heterocycles. The summed E-state index contributed by atoms with van der Waals surface area (Å²) < 4.78 is 5.07. The van der Waals surface area contributed by atoms with Gasteiger partial charge < -0.3 is 10.1 Å². The zero-order valence-electron chi connectivity index (χ0n) is 14.3. The molecule has 0 unspecified atom stereocenters. The molecule has 0 aliphatic carbocycles. The van der Waals surface area contributed by atoms with Crippen molar-refractivity contribution in [2.75, 3.05) is 13.7 Å². The lowest BCUT2D eigenvalue weighted by Gasteiger charge is -2.06. The second-order valence-corrected chi connectivity index (χ2v) is 5.46. The van der Waals surface area contributed by atoms with Gasteiger partial charge in [-0.05, 0) is 30.7 Å². The lowest BCUT2D eigenvalue weighted by Crippen LogP contribution is -2.35. The first-order valence-corrected chi connectivity index (χ1v) is 7.86. The van der Waals surface area contributed by atoms with Crippen molar-refractivity contribution in [3.05, 3.63) is 65.7 Å². The van der Waals surface area contributed by atoms with Crippen LogP contribution in [-0.4, -0.2) is 31.2 Å². The molecule has 25 heavy (non-hydrogen) atoms. The molecule has 0 saturated carbocycles. The van der Waals surface area contributed by atoms with Gasteiger partial charge in [0.1, 0.15) is 5.75 Å². The Morgan fingerprint density at radius 3 is 2.56 bits per heavy atom. The van der Waals surface area contributed by atoms with E-state index in [1.54, 1.807) is 24.3 Å². The van der Waals surface area contributed by atoms with Crippen molar-refractivity contribution in [2.45, 2.75) is 13.3 Å². The number of nitrogens with one attached hydrogen (secondary N) is 2. The maximum Gasteiger partial charge on any atom is 0.259 e. The van der Waals surface area contributed by atoms with Gasteiger partial charge in [0.2, 0.25) is 0 Å². The fourth-order valence-electron chi connectivity index (χ4n) is 2.16. The minimum Gasteiger partial charge on any atom is -0.497 e. The summed E-state index contributed by atoms with van der Waals surface area (Å²) in [6.07, 6.45) is 0.650. The van der Waals surface area contributed by atoms with Crippen LogP contribution in [0.1, 0.15) is 22.8 Å². The first kappa shape index (κ1) is 18.2. The minimum absolute atomic E-state index is 0.155. The van der Waals surface area contributed by atoms with E-state index in [1.807, 2.05) is 37.3 Å². The summed E-state index contributed by atoms with van der Waals surface area (Å²) >= 11 is 0. The van der Waals surface area contributed by atoms with Gasteiger partial charge in [0.25, 0.3) is 11.8 Å². The number of ether oxygens (including phenoxy) is 1. The smallest absolute Gasteiger partial charge is 0.259 e. The van der Waals surface area contributed by atoms with E-state index in [0.717, 1.165) is 11.3 Å². The van der Waals surface area contributed by atoms with Gasteiger partial charge in [-0.3, -0.25) is 9.59 Å².